The Morgan fingerprint density at radius 3 is 1.50 bits per heavy atom. The average molecular weight is 504 g/mol. The summed E-state index contributed by atoms with van der Waals surface area (Å²) in [5.74, 6) is 0. The normalized spacial score (nSPS) is 1.00. The Hall–Kier alpha value is 3.45. The molecule has 0 N–H and O–H groups in total. The summed E-state index contributed by atoms with van der Waals surface area (Å²) < 4.78 is 8.39. The van der Waals surface area contributed by atoms with Gasteiger partial charge in [-0.1, -0.05) is 0 Å². The summed E-state index contributed by atoms with van der Waals surface area (Å²) in [6.07, 6.45) is 0. The summed E-state index contributed by atoms with van der Waals surface area (Å²) in [4.78, 5) is 0. The average Bonchev–Trinajstić information content (AvgIpc) is 1.00. The van der Waals surface area contributed by atoms with E-state index in [1.54, 1.807) is 0 Å². The molecule has 4 heteroatoms. The van der Waals surface area contributed by atoms with E-state index in [2.05, 4.69) is 0 Å². The van der Waals surface area contributed by atoms with E-state index in [-0.39, 0.29) is 112 Å². The molecule has 4 heavy (non-hydrogen) atoms. The fourth-order valence-corrected chi connectivity index (χ4v) is 0. The summed E-state index contributed by atoms with van der Waals surface area (Å²) >= 11 is 0.0556. The summed E-state index contributed by atoms with van der Waals surface area (Å²) in [7, 11) is 0. The monoisotopic (exact) mass is 505 g/mol. The molecule has 0 saturated carbocycles. The van der Waals surface area contributed by atoms with E-state index in [0.717, 1.165) is 0 Å². The van der Waals surface area contributed by atoms with Gasteiger partial charge in [0.15, 0.2) is 0 Å². The van der Waals surface area contributed by atoms with Crippen LogP contribution in [-0.2, 0) is 2.81 Å². The quantitative estimate of drug-likeness (QED) is 0.391. The van der Waals surface area contributed by atoms with E-state index in [1.807, 2.05) is 0 Å². The van der Waals surface area contributed by atoms with Crippen LogP contribution in [0.25, 0.3) is 0 Å². The van der Waals surface area contributed by atoms with E-state index in [0.29, 0.717) is 0 Å². The first-order valence-electron chi connectivity index (χ1n) is 0.204. The number of hydrogen-bond acceptors (Lipinski definition) is 1. The maximum atomic E-state index is 8.39. The van der Waals surface area contributed by atoms with Crippen LogP contribution in [0.4, 0.5) is 0 Å². The Bertz CT molecular complexity index is 13.5. The fourth-order valence-electron chi connectivity index (χ4n) is 0. The zero-order valence-electron chi connectivity index (χ0n) is 4.19. The van der Waals surface area contributed by atoms with Gasteiger partial charge in [-0.25, -0.2) is 0 Å². The number of hydrogen-bond donors (Lipinski definition) is 0. The van der Waals surface area contributed by atoms with Crippen molar-refractivity contribution in [2.24, 2.45) is 0 Å². The Morgan fingerprint density at radius 2 is 1.50 bits per heavy atom. The maximum absolute atomic E-state index is 8.39. The second-order valence-corrected chi connectivity index (χ2v) is 0. The zero-order chi connectivity index (χ0) is 2.00. The summed E-state index contributed by atoms with van der Waals surface area (Å²) in [6.45, 7) is 0. The molecule has 0 aromatic carbocycles. The Kier molecular flexibility index (Phi) is 63.0. The standard InChI is InChI=1S/Ba.Bi.La.O.3H/q+2;;;;;2*-1. The van der Waals surface area contributed by atoms with Crippen molar-refractivity contribution in [3.05, 3.63) is 0 Å². The minimum atomic E-state index is 0. The molecule has 1 radical (unpaired) electrons. The van der Waals surface area contributed by atoms with Crippen LogP contribution in [0.15, 0.2) is 0 Å². The van der Waals surface area contributed by atoms with Crippen LogP contribution in [0.3, 0.4) is 0 Å². The molecule has 0 spiro atoms. The first-order chi connectivity index (χ1) is 1.00. The topological polar surface area (TPSA) is 17.1 Å². The third-order valence-electron chi connectivity index (χ3n) is 0. The molecule has 0 aromatic heterocycles. The molecule has 0 heterocycles. The van der Waals surface area contributed by atoms with Gasteiger partial charge in [0.05, 0.1) is 0 Å². The Morgan fingerprint density at radius 1 is 1.50 bits per heavy atom. The van der Waals surface area contributed by atoms with Crippen molar-refractivity contribution in [1.29, 1.82) is 0 Å². The van der Waals surface area contributed by atoms with E-state index < -0.39 is 0 Å². The molecule has 0 fully saturated rings. The van der Waals surface area contributed by atoms with Gasteiger partial charge in [-0.05, 0) is 0 Å². The van der Waals surface area contributed by atoms with Crippen LogP contribution in [-0.4, -0.2) is 73.6 Å². The molecule has 0 aliphatic carbocycles. The van der Waals surface area contributed by atoms with E-state index in [4.69, 9.17) is 2.81 Å². The molecular formula is H3BaBiLaO. The third kappa shape index (κ3) is 9.07. The van der Waals surface area contributed by atoms with Gasteiger partial charge in [-0.3, -0.25) is 0 Å². The second-order valence-electron chi connectivity index (χ2n) is 0. The molecule has 0 saturated heterocycles. The molecule has 19 valence electrons. The first-order valence-corrected chi connectivity index (χ1v) is 1.79. The van der Waals surface area contributed by atoms with Gasteiger partial charge in [0.2, 0.25) is 0 Å². The number of rotatable bonds is 0. The molecule has 0 amide bonds. The van der Waals surface area contributed by atoms with Crippen LogP contribution in [0.5, 0.6) is 0 Å². The van der Waals surface area contributed by atoms with Crippen molar-refractivity contribution < 1.29 is 41.3 Å². The Labute approximate surface area is 112 Å². The molecule has 0 aliphatic rings. The van der Waals surface area contributed by atoms with Crippen LogP contribution in [0, 0.1) is 35.6 Å². The molecule has 1 nitrogen and oxygen atoms in total. The van der Waals surface area contributed by atoms with Gasteiger partial charge in [0.1, 0.15) is 0 Å². The van der Waals surface area contributed by atoms with Gasteiger partial charge in [-0.2, -0.15) is 0 Å². The van der Waals surface area contributed by atoms with Crippen LogP contribution in [0.2, 0.25) is 0 Å². The minimum absolute atomic E-state index is 0. The van der Waals surface area contributed by atoms with Gasteiger partial charge in [0.25, 0.3) is 0 Å². The van der Waals surface area contributed by atoms with Crippen molar-refractivity contribution >= 4 is 73.6 Å². The Balaban J connectivity index is -0.000000000833. The van der Waals surface area contributed by atoms with Crippen molar-refractivity contribution in [1.82, 2.24) is 0 Å². The zero-order valence-corrected chi connectivity index (χ0v) is 14.1. The second kappa shape index (κ2) is 16.1. The van der Waals surface area contributed by atoms with Crippen LogP contribution < -0.4 is 0 Å². The summed E-state index contributed by atoms with van der Waals surface area (Å²) in [6, 6.07) is 0. The van der Waals surface area contributed by atoms with Crippen LogP contribution in [0.1, 0.15) is 2.85 Å². The molecular weight excluding hydrogens is 501 g/mol. The van der Waals surface area contributed by atoms with Crippen molar-refractivity contribution in [2.75, 3.05) is 0 Å². The molecule has 0 aliphatic heterocycles. The molecule has 0 aromatic rings. The van der Waals surface area contributed by atoms with Crippen molar-refractivity contribution in [3.63, 3.8) is 0 Å². The van der Waals surface area contributed by atoms with E-state index in [1.165, 1.54) is 0 Å². The summed E-state index contributed by atoms with van der Waals surface area (Å²) in [5, 5.41) is 0. The van der Waals surface area contributed by atoms with Crippen LogP contribution >= 0.6 is 0 Å². The molecule has 0 rings (SSSR count). The SMILES string of the molecule is [Ba+2].[H-].[H-].[La].[O]=[BiH]. The molecule has 0 unspecified atom stereocenters. The van der Waals surface area contributed by atoms with Gasteiger partial charge < -0.3 is 2.85 Å². The fraction of sp³-hybridized carbons (Fsp3) is 0. The predicted octanol–water partition coefficient (Wildman–Crippen LogP) is -0.923. The van der Waals surface area contributed by atoms with E-state index >= 15 is 0 Å². The van der Waals surface area contributed by atoms with Crippen molar-refractivity contribution in [2.45, 2.75) is 0 Å². The van der Waals surface area contributed by atoms with Crippen molar-refractivity contribution in [3.8, 4) is 0 Å². The van der Waals surface area contributed by atoms with E-state index in [9.17, 15) is 0 Å². The van der Waals surface area contributed by atoms with Gasteiger partial charge in [0, 0.05) is 35.6 Å². The summed E-state index contributed by atoms with van der Waals surface area (Å²) in [5.41, 5.74) is 0. The first kappa shape index (κ1) is 15.7. The molecule has 0 atom stereocenters. The molecule has 0 bridgehead atoms. The van der Waals surface area contributed by atoms with Gasteiger partial charge in [-0.15, -0.1) is 0 Å². The predicted molar refractivity (Wildman–Crippen MR) is 15.8 cm³/mol. The third-order valence-corrected chi connectivity index (χ3v) is 0. The van der Waals surface area contributed by atoms with Gasteiger partial charge >= 0.3 is 76.4 Å².